The van der Waals surface area contributed by atoms with E-state index in [1.165, 1.54) is 0 Å². The van der Waals surface area contributed by atoms with Crippen LogP contribution in [-0.2, 0) is 4.74 Å². The van der Waals surface area contributed by atoms with Gasteiger partial charge in [0.2, 0.25) is 0 Å². The van der Waals surface area contributed by atoms with Crippen molar-refractivity contribution < 1.29 is 18.7 Å². The first-order chi connectivity index (χ1) is 14.8. The molecule has 1 aliphatic heterocycles. The monoisotopic (exact) mass is 424 g/mol. The predicted octanol–water partition coefficient (Wildman–Crippen LogP) is 4.04. The molecule has 2 aromatic heterocycles. The molecular formula is C23H28N4O4. The Balaban J connectivity index is 1.55. The Bertz CT molecular complexity index is 1040. The summed E-state index contributed by atoms with van der Waals surface area (Å²) >= 11 is 0. The molecule has 8 nitrogen and oxygen atoms in total. The molecule has 0 bridgehead atoms. The molecule has 0 aliphatic carbocycles. The topological polar surface area (TPSA) is 80.9 Å². The molecule has 1 fully saturated rings. The first-order valence-corrected chi connectivity index (χ1v) is 10.4. The van der Waals surface area contributed by atoms with Gasteiger partial charge >= 0.3 is 6.09 Å². The van der Waals surface area contributed by atoms with E-state index < -0.39 is 5.60 Å². The molecule has 1 saturated heterocycles. The lowest BCUT2D eigenvalue weighted by atomic mass is 10.2. The van der Waals surface area contributed by atoms with Crippen LogP contribution in [0.1, 0.15) is 26.3 Å². The van der Waals surface area contributed by atoms with Crippen LogP contribution in [0.3, 0.4) is 0 Å². The molecule has 0 saturated carbocycles. The average Bonchev–Trinajstić information content (AvgIpc) is 3.14. The summed E-state index contributed by atoms with van der Waals surface area (Å²) in [6, 6.07) is 10.00. The third kappa shape index (κ3) is 5.07. The van der Waals surface area contributed by atoms with Crippen LogP contribution in [0.15, 0.2) is 47.1 Å². The van der Waals surface area contributed by atoms with Crippen LogP contribution in [0, 0.1) is 6.92 Å². The van der Waals surface area contributed by atoms with Gasteiger partial charge in [-0.15, -0.1) is 0 Å². The zero-order valence-corrected chi connectivity index (χ0v) is 18.4. The fourth-order valence-electron chi connectivity index (χ4n) is 3.51. The number of carbonyl (C=O) groups excluding carboxylic acids is 1. The Kier molecular flexibility index (Phi) is 5.71. The van der Waals surface area contributed by atoms with E-state index in [0.29, 0.717) is 38.0 Å². The lowest BCUT2D eigenvalue weighted by molar-refractivity contribution is 0.0198. The van der Waals surface area contributed by atoms with E-state index in [-0.39, 0.29) is 12.1 Å². The number of ether oxygens (including phenoxy) is 2. The Morgan fingerprint density at radius 1 is 1.26 bits per heavy atom. The van der Waals surface area contributed by atoms with Crippen molar-refractivity contribution in [1.29, 1.82) is 0 Å². The molecule has 31 heavy (non-hydrogen) atoms. The molecule has 0 radical (unpaired) electrons. The minimum absolute atomic E-state index is 0.157. The van der Waals surface area contributed by atoms with Gasteiger partial charge in [-0.2, -0.15) is 4.98 Å². The number of aryl methyl sites for hydroxylation is 1. The number of fused-ring (bicyclic) bond motifs is 1. The number of anilines is 1. The molecule has 164 valence electrons. The van der Waals surface area contributed by atoms with Crippen molar-refractivity contribution in [2.24, 2.45) is 0 Å². The number of carbonyl (C=O) groups is 1. The summed E-state index contributed by atoms with van der Waals surface area (Å²) < 4.78 is 17.6. The number of benzene rings is 1. The number of hydrogen-bond donors (Lipinski definition) is 0. The van der Waals surface area contributed by atoms with Crippen molar-refractivity contribution in [2.45, 2.75) is 39.3 Å². The number of nitrogens with zero attached hydrogens (tertiary/aromatic N) is 4. The van der Waals surface area contributed by atoms with Crippen molar-refractivity contribution in [1.82, 2.24) is 14.9 Å². The summed E-state index contributed by atoms with van der Waals surface area (Å²) in [4.78, 5) is 25.2. The first kappa shape index (κ1) is 21.0. The molecule has 1 aliphatic rings. The fraction of sp³-hybridized carbons (Fsp3) is 0.435. The van der Waals surface area contributed by atoms with E-state index >= 15 is 0 Å². The van der Waals surface area contributed by atoms with Gasteiger partial charge in [-0.1, -0.05) is 6.07 Å². The second kappa shape index (κ2) is 8.45. The molecule has 3 aromatic rings. The molecule has 8 heteroatoms. The smallest absolute Gasteiger partial charge is 0.410 e. The second-order valence-electron chi connectivity index (χ2n) is 8.74. The van der Waals surface area contributed by atoms with Gasteiger partial charge < -0.3 is 23.7 Å². The van der Waals surface area contributed by atoms with Crippen LogP contribution in [0.2, 0.25) is 0 Å². The summed E-state index contributed by atoms with van der Waals surface area (Å²) in [6.45, 7) is 9.48. The van der Waals surface area contributed by atoms with Crippen molar-refractivity contribution in [2.75, 3.05) is 31.1 Å². The maximum Gasteiger partial charge on any atom is 0.410 e. The van der Waals surface area contributed by atoms with E-state index in [9.17, 15) is 4.79 Å². The van der Waals surface area contributed by atoms with E-state index in [1.54, 1.807) is 17.3 Å². The number of piperazine rings is 1. The first-order valence-electron chi connectivity index (χ1n) is 10.4. The summed E-state index contributed by atoms with van der Waals surface area (Å²) in [5.74, 6) is 0.671. The summed E-state index contributed by atoms with van der Waals surface area (Å²) in [5.41, 5.74) is 2.12. The van der Waals surface area contributed by atoms with Crippen LogP contribution in [0.5, 0.6) is 5.75 Å². The third-order valence-corrected chi connectivity index (χ3v) is 4.99. The highest BCUT2D eigenvalue weighted by Gasteiger charge is 2.34. The highest BCUT2D eigenvalue weighted by Crippen LogP contribution is 2.27. The summed E-state index contributed by atoms with van der Waals surface area (Å²) in [5, 5.41) is 0. The lowest BCUT2D eigenvalue weighted by Gasteiger charge is -2.40. The minimum atomic E-state index is -0.548. The second-order valence-corrected chi connectivity index (χ2v) is 8.74. The third-order valence-electron chi connectivity index (χ3n) is 4.99. The van der Waals surface area contributed by atoms with Crippen molar-refractivity contribution in [3.63, 3.8) is 0 Å². The number of aromatic nitrogens is 2. The van der Waals surface area contributed by atoms with Gasteiger partial charge in [-0.05, 0) is 57.5 Å². The largest absolute Gasteiger partial charge is 0.490 e. The zero-order valence-electron chi connectivity index (χ0n) is 18.4. The highest BCUT2D eigenvalue weighted by molar-refractivity contribution is 5.75. The number of oxazole rings is 1. The Hall–Kier alpha value is -3.29. The summed E-state index contributed by atoms with van der Waals surface area (Å²) in [7, 11) is 0. The zero-order chi connectivity index (χ0) is 22.0. The van der Waals surface area contributed by atoms with Gasteiger partial charge in [0, 0.05) is 25.8 Å². The molecule has 1 amide bonds. The predicted molar refractivity (Wildman–Crippen MR) is 117 cm³/mol. The van der Waals surface area contributed by atoms with Gasteiger partial charge in [0.1, 0.15) is 23.5 Å². The van der Waals surface area contributed by atoms with Crippen molar-refractivity contribution >= 4 is 23.2 Å². The van der Waals surface area contributed by atoms with Crippen LogP contribution in [0.25, 0.3) is 11.1 Å². The van der Waals surface area contributed by atoms with Crippen molar-refractivity contribution in [3.8, 4) is 5.75 Å². The van der Waals surface area contributed by atoms with Crippen LogP contribution >= 0.6 is 0 Å². The van der Waals surface area contributed by atoms with Gasteiger partial charge in [0.15, 0.2) is 5.58 Å². The summed E-state index contributed by atoms with van der Waals surface area (Å²) in [6.07, 6.45) is 3.04. The molecule has 4 rings (SSSR count). The molecule has 0 N–H and O–H groups in total. The maximum atomic E-state index is 12.7. The standard InChI is InChI=1S/C23H28N4O4/c1-16-7-8-19-20(12-16)30-21(25-19)27-11-10-26(22(28)31-23(2,3)4)14-17(27)15-29-18-6-5-9-24-13-18/h5-9,12-13,17H,10-11,14-15H2,1-4H3. The number of rotatable bonds is 4. The molecular weight excluding hydrogens is 396 g/mol. The maximum absolute atomic E-state index is 12.7. The van der Waals surface area contributed by atoms with Crippen molar-refractivity contribution in [3.05, 3.63) is 48.3 Å². The van der Waals surface area contributed by atoms with Gasteiger partial charge in [-0.25, -0.2) is 4.79 Å². The van der Waals surface area contributed by atoms with E-state index in [2.05, 4.69) is 14.9 Å². The van der Waals surface area contributed by atoms with Gasteiger partial charge in [0.05, 0.1) is 12.2 Å². The van der Waals surface area contributed by atoms with Crippen LogP contribution in [-0.4, -0.2) is 58.8 Å². The molecule has 0 spiro atoms. The number of pyridine rings is 1. The van der Waals surface area contributed by atoms with E-state index in [1.807, 2.05) is 58.0 Å². The number of hydrogen-bond acceptors (Lipinski definition) is 7. The van der Waals surface area contributed by atoms with Crippen LogP contribution < -0.4 is 9.64 Å². The van der Waals surface area contributed by atoms with Gasteiger partial charge in [0.25, 0.3) is 6.01 Å². The quantitative estimate of drug-likeness (QED) is 0.625. The lowest BCUT2D eigenvalue weighted by Crippen LogP contribution is -2.57. The fourth-order valence-corrected chi connectivity index (χ4v) is 3.51. The Morgan fingerprint density at radius 2 is 2.10 bits per heavy atom. The SMILES string of the molecule is Cc1ccc2nc(N3CCN(C(=O)OC(C)(C)C)CC3COc3cccnc3)oc2c1. The molecule has 1 unspecified atom stereocenters. The van der Waals surface area contributed by atoms with E-state index in [4.69, 9.17) is 13.9 Å². The Labute approximate surface area is 181 Å². The normalized spacial score (nSPS) is 17.1. The molecule has 3 heterocycles. The van der Waals surface area contributed by atoms with Gasteiger partial charge in [-0.3, -0.25) is 4.98 Å². The molecule has 1 atom stereocenters. The minimum Gasteiger partial charge on any atom is -0.490 e. The van der Waals surface area contributed by atoms with E-state index in [0.717, 1.165) is 16.7 Å². The number of amides is 1. The average molecular weight is 425 g/mol. The Morgan fingerprint density at radius 3 is 2.84 bits per heavy atom. The highest BCUT2D eigenvalue weighted by atomic mass is 16.6. The molecule has 1 aromatic carbocycles. The van der Waals surface area contributed by atoms with Crippen LogP contribution in [0.4, 0.5) is 10.8 Å².